The van der Waals surface area contributed by atoms with Crippen LogP contribution in [0, 0.1) is 0 Å². The summed E-state index contributed by atoms with van der Waals surface area (Å²) in [5.41, 5.74) is 3.09. The van der Waals surface area contributed by atoms with E-state index in [0.29, 0.717) is 23.8 Å². The zero-order valence-corrected chi connectivity index (χ0v) is 17.5. The standard InChI is InChI=1S/C25H26F3NO2/c1-2-3-4-5-6-18-15-29-22(21-14-24-23(13-20(18)21)30-16-31-24)12-9-17-7-10-19(11-8-17)25(26,27)28/h7-14,18H,2-6,15-16H2,1H3/b12-9+. The zero-order chi connectivity index (χ0) is 21.8. The minimum Gasteiger partial charge on any atom is -0.454 e. The summed E-state index contributed by atoms with van der Waals surface area (Å²) in [5, 5.41) is 0. The molecule has 2 aliphatic rings. The molecule has 2 aromatic rings. The lowest BCUT2D eigenvalue weighted by atomic mass is 9.85. The van der Waals surface area contributed by atoms with Gasteiger partial charge in [-0.05, 0) is 47.9 Å². The number of nitrogens with zero attached hydrogens (tertiary/aromatic N) is 1. The van der Waals surface area contributed by atoms with Gasteiger partial charge in [-0.1, -0.05) is 50.8 Å². The van der Waals surface area contributed by atoms with E-state index in [9.17, 15) is 13.2 Å². The van der Waals surface area contributed by atoms with Gasteiger partial charge >= 0.3 is 6.18 Å². The molecule has 2 aliphatic heterocycles. The maximum Gasteiger partial charge on any atom is 0.416 e. The van der Waals surface area contributed by atoms with Crippen LogP contribution < -0.4 is 9.47 Å². The lowest BCUT2D eigenvalue weighted by Gasteiger charge is -2.24. The lowest BCUT2D eigenvalue weighted by molar-refractivity contribution is -0.137. The maximum absolute atomic E-state index is 12.8. The number of aliphatic imine (C=N–C) groups is 1. The minimum atomic E-state index is -4.33. The van der Waals surface area contributed by atoms with Crippen LogP contribution in [0.1, 0.15) is 67.2 Å². The van der Waals surface area contributed by atoms with Crippen LogP contribution >= 0.6 is 0 Å². The zero-order valence-electron chi connectivity index (χ0n) is 17.5. The van der Waals surface area contributed by atoms with Crippen LogP contribution in [-0.2, 0) is 6.18 Å². The summed E-state index contributed by atoms with van der Waals surface area (Å²) >= 11 is 0. The summed E-state index contributed by atoms with van der Waals surface area (Å²) in [4.78, 5) is 4.80. The van der Waals surface area contributed by atoms with Crippen molar-refractivity contribution in [3.8, 4) is 11.5 Å². The first-order valence-corrected chi connectivity index (χ1v) is 10.8. The maximum atomic E-state index is 12.8. The first-order valence-electron chi connectivity index (χ1n) is 10.8. The molecule has 164 valence electrons. The molecule has 2 aromatic carbocycles. The van der Waals surface area contributed by atoms with Gasteiger partial charge in [-0.3, -0.25) is 4.99 Å². The number of rotatable bonds is 7. The van der Waals surface area contributed by atoms with E-state index in [1.165, 1.54) is 43.4 Å². The molecule has 3 nitrogen and oxygen atoms in total. The van der Waals surface area contributed by atoms with Gasteiger partial charge in [0.15, 0.2) is 11.5 Å². The molecular formula is C25H26F3NO2. The van der Waals surface area contributed by atoms with Gasteiger partial charge in [0.1, 0.15) is 0 Å². The number of allylic oxidation sites excluding steroid dienone is 1. The molecule has 4 rings (SSSR count). The Bertz CT molecular complexity index is 977. The monoisotopic (exact) mass is 429 g/mol. The van der Waals surface area contributed by atoms with E-state index in [4.69, 9.17) is 14.5 Å². The van der Waals surface area contributed by atoms with Crippen molar-refractivity contribution in [1.29, 1.82) is 0 Å². The summed E-state index contributed by atoms with van der Waals surface area (Å²) in [6.07, 6.45) is 5.25. The van der Waals surface area contributed by atoms with E-state index in [-0.39, 0.29) is 6.79 Å². The molecule has 0 aromatic heterocycles. The van der Waals surface area contributed by atoms with E-state index in [1.54, 1.807) is 6.08 Å². The molecule has 0 saturated heterocycles. The number of alkyl halides is 3. The molecule has 0 bridgehead atoms. The average molecular weight is 429 g/mol. The number of unbranched alkanes of at least 4 members (excludes halogenated alkanes) is 3. The van der Waals surface area contributed by atoms with Crippen LogP contribution in [0.5, 0.6) is 11.5 Å². The normalized spacial score (nSPS) is 17.7. The molecule has 0 amide bonds. The molecular weight excluding hydrogens is 403 g/mol. The fourth-order valence-electron chi connectivity index (χ4n) is 4.07. The second-order valence-electron chi connectivity index (χ2n) is 8.02. The molecule has 0 spiro atoms. The van der Waals surface area contributed by atoms with E-state index in [2.05, 4.69) is 13.0 Å². The lowest BCUT2D eigenvalue weighted by Crippen LogP contribution is -2.16. The Morgan fingerprint density at radius 2 is 1.74 bits per heavy atom. The van der Waals surface area contributed by atoms with Crippen LogP contribution in [0.2, 0.25) is 0 Å². The Morgan fingerprint density at radius 1 is 1.00 bits per heavy atom. The van der Waals surface area contributed by atoms with Crippen molar-refractivity contribution >= 4 is 11.8 Å². The van der Waals surface area contributed by atoms with Crippen molar-refractivity contribution in [1.82, 2.24) is 0 Å². The molecule has 0 saturated carbocycles. The predicted octanol–water partition coefficient (Wildman–Crippen LogP) is 7.00. The van der Waals surface area contributed by atoms with Crippen LogP contribution in [0.4, 0.5) is 13.2 Å². The van der Waals surface area contributed by atoms with Gasteiger partial charge < -0.3 is 9.47 Å². The van der Waals surface area contributed by atoms with Gasteiger partial charge in [0, 0.05) is 18.0 Å². The third-order valence-electron chi connectivity index (χ3n) is 5.82. The Morgan fingerprint density at radius 3 is 2.45 bits per heavy atom. The van der Waals surface area contributed by atoms with Gasteiger partial charge in [0.25, 0.3) is 0 Å². The van der Waals surface area contributed by atoms with E-state index < -0.39 is 11.7 Å². The summed E-state index contributed by atoms with van der Waals surface area (Å²) in [7, 11) is 0. The highest BCUT2D eigenvalue weighted by molar-refractivity contribution is 6.12. The second kappa shape index (κ2) is 9.16. The van der Waals surface area contributed by atoms with Gasteiger partial charge in [-0.2, -0.15) is 13.2 Å². The molecule has 0 radical (unpaired) electrons. The fourth-order valence-corrected chi connectivity index (χ4v) is 4.07. The van der Waals surface area contributed by atoms with E-state index in [1.807, 2.05) is 12.1 Å². The number of ether oxygens (including phenoxy) is 2. The van der Waals surface area contributed by atoms with Crippen molar-refractivity contribution in [3.05, 3.63) is 64.7 Å². The molecule has 0 fully saturated rings. The van der Waals surface area contributed by atoms with Gasteiger partial charge in [-0.25, -0.2) is 0 Å². The van der Waals surface area contributed by atoms with Crippen molar-refractivity contribution in [2.45, 2.75) is 51.1 Å². The number of fused-ring (bicyclic) bond motifs is 2. The highest BCUT2D eigenvalue weighted by Crippen LogP contribution is 2.41. The topological polar surface area (TPSA) is 30.8 Å². The van der Waals surface area contributed by atoms with Crippen molar-refractivity contribution < 1.29 is 22.6 Å². The highest BCUT2D eigenvalue weighted by Gasteiger charge is 2.30. The largest absolute Gasteiger partial charge is 0.454 e. The van der Waals surface area contributed by atoms with Gasteiger partial charge in [-0.15, -0.1) is 0 Å². The third kappa shape index (κ3) is 4.94. The highest BCUT2D eigenvalue weighted by atomic mass is 19.4. The van der Waals surface area contributed by atoms with Crippen LogP contribution in [-0.4, -0.2) is 19.0 Å². The molecule has 0 N–H and O–H groups in total. The number of hydrogen-bond donors (Lipinski definition) is 0. The van der Waals surface area contributed by atoms with Gasteiger partial charge in [0.05, 0.1) is 11.3 Å². The molecule has 1 unspecified atom stereocenters. The van der Waals surface area contributed by atoms with E-state index in [0.717, 1.165) is 35.6 Å². The summed E-state index contributed by atoms with van der Waals surface area (Å²) in [6, 6.07) is 9.19. The van der Waals surface area contributed by atoms with Crippen LogP contribution in [0.15, 0.2) is 47.5 Å². The molecule has 6 heteroatoms. The second-order valence-corrected chi connectivity index (χ2v) is 8.02. The Hall–Kier alpha value is -2.76. The summed E-state index contributed by atoms with van der Waals surface area (Å²) in [6.45, 7) is 3.12. The van der Waals surface area contributed by atoms with Crippen LogP contribution in [0.25, 0.3) is 6.08 Å². The Labute approximate surface area is 180 Å². The smallest absolute Gasteiger partial charge is 0.416 e. The average Bonchev–Trinajstić information content (AvgIpc) is 3.21. The number of benzene rings is 2. The summed E-state index contributed by atoms with van der Waals surface area (Å²) < 4.78 is 49.5. The molecule has 31 heavy (non-hydrogen) atoms. The first kappa shape index (κ1) is 21.5. The van der Waals surface area contributed by atoms with Crippen molar-refractivity contribution in [2.24, 2.45) is 4.99 Å². The van der Waals surface area contributed by atoms with Crippen molar-refractivity contribution in [3.63, 3.8) is 0 Å². The Balaban J connectivity index is 1.56. The molecule has 2 heterocycles. The molecule has 0 aliphatic carbocycles. The third-order valence-corrected chi connectivity index (χ3v) is 5.82. The fraction of sp³-hybridized carbons (Fsp3) is 0.400. The molecule has 1 atom stereocenters. The minimum absolute atomic E-state index is 0.216. The first-order chi connectivity index (χ1) is 15.0. The van der Waals surface area contributed by atoms with Crippen LogP contribution in [0.3, 0.4) is 0 Å². The number of halogens is 3. The van der Waals surface area contributed by atoms with Gasteiger partial charge in [0.2, 0.25) is 6.79 Å². The predicted molar refractivity (Wildman–Crippen MR) is 116 cm³/mol. The van der Waals surface area contributed by atoms with Crippen molar-refractivity contribution in [2.75, 3.05) is 13.3 Å². The quantitative estimate of drug-likeness (QED) is 0.444. The van der Waals surface area contributed by atoms with E-state index >= 15 is 0 Å². The number of hydrogen-bond acceptors (Lipinski definition) is 3. The Kier molecular flexibility index (Phi) is 6.35. The summed E-state index contributed by atoms with van der Waals surface area (Å²) in [5.74, 6) is 1.82. The SMILES string of the molecule is CCCCCCC1CN=C(/C=C/c2ccc(C(F)(F)F)cc2)c2cc3c(cc21)OCO3.